The van der Waals surface area contributed by atoms with Crippen LogP contribution in [-0.2, 0) is 31.7 Å². The summed E-state index contributed by atoms with van der Waals surface area (Å²) in [5.41, 5.74) is 1.23. The number of thioether (sulfide) groups is 1. The third-order valence-electron chi connectivity index (χ3n) is 4.66. The normalized spacial score (nSPS) is 12.2. The number of rotatable bonds is 9. The van der Waals surface area contributed by atoms with Crippen LogP contribution in [-0.4, -0.2) is 40.2 Å². The molecular weight excluding hydrogens is 462 g/mol. The number of aromatic nitrogens is 3. The van der Waals surface area contributed by atoms with Gasteiger partial charge in [-0.1, -0.05) is 30.0 Å². The maximum Gasteiger partial charge on any atom is 0.237 e. The molecule has 0 radical (unpaired) electrons. The Balaban J connectivity index is 1.67. The number of nitrogens with zero attached hydrogens (tertiary/aromatic N) is 3. The number of hydrogen-bond acceptors (Lipinski definition) is 7. The highest BCUT2D eigenvalue weighted by Crippen LogP contribution is 2.25. The third-order valence-corrected chi connectivity index (χ3v) is 7.36. The molecule has 0 fully saturated rings. The van der Waals surface area contributed by atoms with Gasteiger partial charge in [0.1, 0.15) is 11.6 Å². The van der Waals surface area contributed by atoms with E-state index >= 15 is 0 Å². The maximum absolute atomic E-state index is 12.7. The summed E-state index contributed by atoms with van der Waals surface area (Å²) in [6.07, 6.45) is 0. The van der Waals surface area contributed by atoms with Crippen molar-refractivity contribution in [2.45, 2.75) is 48.4 Å². The molecule has 9 nitrogen and oxygen atoms in total. The first-order valence-corrected chi connectivity index (χ1v) is 12.8. The van der Waals surface area contributed by atoms with Crippen molar-refractivity contribution in [1.82, 2.24) is 14.8 Å². The third kappa shape index (κ3) is 6.42. The summed E-state index contributed by atoms with van der Waals surface area (Å²) in [7, 11) is -3.57. The van der Waals surface area contributed by atoms with Crippen LogP contribution < -0.4 is 10.6 Å². The van der Waals surface area contributed by atoms with Crippen molar-refractivity contribution >= 4 is 44.8 Å². The van der Waals surface area contributed by atoms with Crippen LogP contribution in [0.25, 0.3) is 0 Å². The predicted molar refractivity (Wildman–Crippen MR) is 128 cm³/mol. The largest absolute Gasteiger partial charge is 0.326 e. The molecule has 0 aliphatic heterocycles. The van der Waals surface area contributed by atoms with E-state index in [-0.39, 0.29) is 22.5 Å². The summed E-state index contributed by atoms with van der Waals surface area (Å²) in [6.45, 7) is 5.49. The summed E-state index contributed by atoms with van der Waals surface area (Å²) in [6, 6.07) is 15.0. The van der Waals surface area contributed by atoms with Gasteiger partial charge in [-0.05, 0) is 50.2 Å². The highest BCUT2D eigenvalue weighted by Gasteiger charge is 2.23. The van der Waals surface area contributed by atoms with Crippen LogP contribution in [0.4, 0.5) is 11.4 Å². The van der Waals surface area contributed by atoms with E-state index in [1.165, 1.54) is 18.7 Å². The van der Waals surface area contributed by atoms with E-state index in [4.69, 9.17) is 0 Å². The molecule has 0 saturated heterocycles. The molecule has 1 heterocycles. The molecule has 33 heavy (non-hydrogen) atoms. The van der Waals surface area contributed by atoms with Crippen molar-refractivity contribution in [2.24, 2.45) is 0 Å². The second kappa shape index (κ2) is 10.6. The van der Waals surface area contributed by atoms with Gasteiger partial charge in [0.2, 0.25) is 11.8 Å². The first-order valence-electron chi connectivity index (χ1n) is 10.2. The Morgan fingerprint density at radius 3 is 2.18 bits per heavy atom. The van der Waals surface area contributed by atoms with E-state index in [1.807, 2.05) is 6.92 Å². The Bertz CT molecular complexity index is 1230. The van der Waals surface area contributed by atoms with Crippen molar-refractivity contribution in [2.75, 3.05) is 10.6 Å². The van der Waals surface area contributed by atoms with Gasteiger partial charge in [-0.25, -0.2) is 8.42 Å². The molecule has 3 aromatic rings. The molecule has 2 aromatic carbocycles. The van der Waals surface area contributed by atoms with E-state index in [2.05, 4.69) is 20.8 Å². The van der Waals surface area contributed by atoms with Crippen molar-refractivity contribution < 1.29 is 18.0 Å². The van der Waals surface area contributed by atoms with Crippen molar-refractivity contribution in [3.63, 3.8) is 0 Å². The van der Waals surface area contributed by atoms with Gasteiger partial charge in [-0.2, -0.15) is 0 Å². The molecule has 11 heteroatoms. The molecule has 0 bridgehead atoms. The Labute approximate surface area is 196 Å². The van der Waals surface area contributed by atoms with Crippen molar-refractivity contribution in [3.05, 3.63) is 60.4 Å². The van der Waals surface area contributed by atoms with Gasteiger partial charge in [-0.3, -0.25) is 9.59 Å². The summed E-state index contributed by atoms with van der Waals surface area (Å²) in [5.74, 6) is -0.367. The predicted octanol–water partition coefficient (Wildman–Crippen LogP) is 3.35. The Morgan fingerprint density at radius 2 is 1.61 bits per heavy atom. The van der Waals surface area contributed by atoms with Gasteiger partial charge in [0.25, 0.3) is 0 Å². The van der Waals surface area contributed by atoms with Gasteiger partial charge >= 0.3 is 0 Å². The maximum atomic E-state index is 12.7. The monoisotopic (exact) mass is 487 g/mol. The minimum absolute atomic E-state index is 0.173. The lowest BCUT2D eigenvalue weighted by Gasteiger charge is -2.13. The highest BCUT2D eigenvalue weighted by molar-refractivity contribution is 8.00. The molecule has 0 aliphatic carbocycles. The zero-order chi connectivity index (χ0) is 24.0. The lowest BCUT2D eigenvalue weighted by atomic mass is 10.2. The molecule has 0 saturated carbocycles. The van der Waals surface area contributed by atoms with Crippen LogP contribution in [0.1, 0.15) is 26.6 Å². The molecule has 2 amide bonds. The number of benzene rings is 2. The molecule has 0 spiro atoms. The van der Waals surface area contributed by atoms with Crippen molar-refractivity contribution in [3.8, 4) is 0 Å². The van der Waals surface area contributed by atoms with Gasteiger partial charge in [0.05, 0.1) is 10.1 Å². The van der Waals surface area contributed by atoms with Crippen LogP contribution in [0.2, 0.25) is 0 Å². The minimum Gasteiger partial charge on any atom is -0.326 e. The fraction of sp³-hybridized carbons (Fsp3) is 0.273. The fourth-order valence-corrected chi connectivity index (χ4v) is 5.23. The second-order valence-electron chi connectivity index (χ2n) is 7.22. The SMILES string of the molecule is CCn1c(CS(=O)(=O)c2ccccc2)nnc1SC(C)C(=O)Nc1ccc(NC(C)=O)cc1. The minimum atomic E-state index is -3.57. The van der Waals surface area contributed by atoms with Crippen LogP contribution in [0, 0.1) is 0 Å². The molecule has 1 aromatic heterocycles. The number of hydrogen-bond donors (Lipinski definition) is 2. The smallest absolute Gasteiger partial charge is 0.237 e. The number of amides is 2. The topological polar surface area (TPSA) is 123 Å². The molecule has 3 rings (SSSR count). The standard InChI is InChI=1S/C22H25N5O4S2/c1-4-27-20(14-33(30,31)19-8-6-5-7-9-19)25-26-22(27)32-15(2)21(29)24-18-12-10-17(11-13-18)23-16(3)28/h5-13,15H,4,14H2,1-3H3,(H,23,28)(H,24,29). The van der Waals surface area contributed by atoms with Crippen molar-refractivity contribution in [1.29, 1.82) is 0 Å². The summed E-state index contributed by atoms with van der Waals surface area (Å²) in [4.78, 5) is 24.0. The zero-order valence-electron chi connectivity index (χ0n) is 18.5. The van der Waals surface area contributed by atoms with E-state index < -0.39 is 15.1 Å². The highest BCUT2D eigenvalue weighted by atomic mass is 32.2. The quantitative estimate of drug-likeness (QED) is 0.444. The fourth-order valence-electron chi connectivity index (χ4n) is 3.01. The van der Waals surface area contributed by atoms with Gasteiger partial charge in [0.15, 0.2) is 15.0 Å². The van der Waals surface area contributed by atoms with E-state index in [0.717, 1.165) is 0 Å². The Hall–Kier alpha value is -3.18. The second-order valence-corrected chi connectivity index (χ2v) is 10.5. The molecule has 1 unspecified atom stereocenters. The molecule has 2 N–H and O–H groups in total. The molecular formula is C22H25N5O4S2. The Morgan fingerprint density at radius 1 is 1.00 bits per heavy atom. The van der Waals surface area contributed by atoms with Crippen LogP contribution in [0.15, 0.2) is 64.6 Å². The van der Waals surface area contributed by atoms with Gasteiger partial charge in [0, 0.05) is 24.8 Å². The average molecular weight is 488 g/mol. The first-order chi connectivity index (χ1) is 15.7. The average Bonchev–Trinajstić information content (AvgIpc) is 3.15. The van der Waals surface area contributed by atoms with E-state index in [0.29, 0.717) is 28.9 Å². The summed E-state index contributed by atoms with van der Waals surface area (Å²) < 4.78 is 27.1. The number of carbonyl (C=O) groups excluding carboxylic acids is 2. The zero-order valence-corrected chi connectivity index (χ0v) is 20.1. The summed E-state index contributed by atoms with van der Waals surface area (Å²) in [5, 5.41) is 13.7. The summed E-state index contributed by atoms with van der Waals surface area (Å²) >= 11 is 1.20. The van der Waals surface area contributed by atoms with Crippen LogP contribution in [0.5, 0.6) is 0 Å². The first kappa shape index (κ1) is 24.5. The molecule has 174 valence electrons. The van der Waals surface area contributed by atoms with Gasteiger partial charge in [-0.15, -0.1) is 10.2 Å². The number of sulfone groups is 1. The lowest BCUT2D eigenvalue weighted by molar-refractivity contribution is -0.115. The molecule has 0 aliphatic rings. The molecule has 1 atom stereocenters. The van der Waals surface area contributed by atoms with E-state index in [1.54, 1.807) is 66.1 Å². The van der Waals surface area contributed by atoms with Crippen LogP contribution >= 0.6 is 11.8 Å². The van der Waals surface area contributed by atoms with E-state index in [9.17, 15) is 18.0 Å². The number of carbonyl (C=O) groups is 2. The lowest BCUT2D eigenvalue weighted by Crippen LogP contribution is -2.23. The Kier molecular flexibility index (Phi) is 7.88. The van der Waals surface area contributed by atoms with Gasteiger partial charge < -0.3 is 15.2 Å². The number of anilines is 2. The van der Waals surface area contributed by atoms with Crippen LogP contribution in [0.3, 0.4) is 0 Å². The number of nitrogens with one attached hydrogen (secondary N) is 2.